The van der Waals surface area contributed by atoms with Gasteiger partial charge in [-0.2, -0.15) is 15.2 Å². The normalized spacial score (nSPS) is 10.2. The van der Waals surface area contributed by atoms with Gasteiger partial charge in [0.25, 0.3) is 0 Å². The third-order valence-corrected chi connectivity index (χ3v) is 4.72. The van der Waals surface area contributed by atoms with Gasteiger partial charge >= 0.3 is 11.6 Å². The highest BCUT2D eigenvalue weighted by Gasteiger charge is 2.27. The number of benzene rings is 2. The number of anilines is 1. The Hall–Kier alpha value is -3.16. The van der Waals surface area contributed by atoms with Crippen LogP contribution >= 0.6 is 27.7 Å². The van der Waals surface area contributed by atoms with Crippen molar-refractivity contribution < 1.29 is 9.66 Å². The molecule has 0 spiro atoms. The molecule has 0 aliphatic rings. The number of hydrogen-bond acceptors (Lipinski definition) is 8. The molecule has 10 heteroatoms. The number of nitrogens with one attached hydrogen (secondary N) is 1. The number of nitrogens with zero attached hydrogens (tertiary/aromatic N) is 4. The van der Waals surface area contributed by atoms with Gasteiger partial charge < -0.3 is 10.1 Å². The van der Waals surface area contributed by atoms with Crippen LogP contribution in [0.2, 0.25) is 0 Å². The SMILES string of the molecule is CSc1nc(NCc2ccccc2)c([N+](=O)[O-])c(Oc2cc(Br)cc(C#N)c2)n1. The predicted molar refractivity (Wildman–Crippen MR) is 113 cm³/mol. The largest absolute Gasteiger partial charge is 0.433 e. The van der Waals surface area contributed by atoms with Gasteiger partial charge in [-0.25, -0.2) is 0 Å². The fourth-order valence-corrected chi connectivity index (χ4v) is 3.27. The fraction of sp³-hybridized carbons (Fsp3) is 0.105. The molecule has 0 atom stereocenters. The van der Waals surface area contributed by atoms with Gasteiger partial charge in [-0.1, -0.05) is 58.0 Å². The van der Waals surface area contributed by atoms with Crippen molar-refractivity contribution in [3.05, 3.63) is 74.2 Å². The van der Waals surface area contributed by atoms with E-state index in [1.807, 2.05) is 36.4 Å². The minimum atomic E-state index is -0.587. The summed E-state index contributed by atoms with van der Waals surface area (Å²) in [6.07, 6.45) is 1.76. The van der Waals surface area contributed by atoms with E-state index in [2.05, 4.69) is 31.2 Å². The molecule has 0 aliphatic carbocycles. The summed E-state index contributed by atoms with van der Waals surface area (Å²) in [6.45, 7) is 0.349. The zero-order valence-electron chi connectivity index (χ0n) is 15.1. The molecule has 0 radical (unpaired) electrons. The molecule has 0 fully saturated rings. The summed E-state index contributed by atoms with van der Waals surface area (Å²) < 4.78 is 6.31. The van der Waals surface area contributed by atoms with Gasteiger partial charge in [0.1, 0.15) is 5.75 Å². The van der Waals surface area contributed by atoms with Crippen LogP contribution in [-0.4, -0.2) is 21.1 Å². The lowest BCUT2D eigenvalue weighted by Gasteiger charge is -2.11. The van der Waals surface area contributed by atoms with Gasteiger partial charge in [-0.05, 0) is 30.0 Å². The van der Waals surface area contributed by atoms with Crippen molar-refractivity contribution in [2.24, 2.45) is 0 Å². The fourth-order valence-electron chi connectivity index (χ4n) is 2.44. The molecule has 0 aliphatic heterocycles. The Morgan fingerprint density at radius 2 is 2.03 bits per heavy atom. The highest BCUT2D eigenvalue weighted by Crippen LogP contribution is 2.37. The zero-order valence-corrected chi connectivity index (χ0v) is 17.5. The molecule has 146 valence electrons. The Balaban J connectivity index is 2.00. The van der Waals surface area contributed by atoms with Crippen molar-refractivity contribution in [2.75, 3.05) is 11.6 Å². The lowest BCUT2D eigenvalue weighted by Crippen LogP contribution is -2.08. The molecule has 0 saturated heterocycles. The van der Waals surface area contributed by atoms with Crippen LogP contribution in [0.1, 0.15) is 11.1 Å². The summed E-state index contributed by atoms with van der Waals surface area (Å²) in [5.74, 6) is 0.106. The number of halogens is 1. The standard InChI is InChI=1S/C19H14BrN5O3S/c1-29-19-23-17(22-11-12-5-3-2-4-6-12)16(25(26)27)18(24-19)28-15-8-13(10-21)7-14(20)9-15/h2-9H,11H2,1H3,(H,22,23,24). The molecule has 0 bridgehead atoms. The van der Waals surface area contributed by atoms with E-state index in [-0.39, 0.29) is 23.1 Å². The summed E-state index contributed by atoms with van der Waals surface area (Å²) in [5.41, 5.74) is 0.912. The minimum Gasteiger partial charge on any atom is -0.433 e. The molecule has 3 rings (SSSR count). The van der Waals surface area contributed by atoms with Crippen LogP contribution in [0.25, 0.3) is 0 Å². The number of ether oxygens (including phenoxy) is 1. The maximum atomic E-state index is 11.8. The first-order valence-electron chi connectivity index (χ1n) is 8.27. The highest BCUT2D eigenvalue weighted by molar-refractivity contribution is 9.10. The van der Waals surface area contributed by atoms with E-state index in [0.29, 0.717) is 21.7 Å². The van der Waals surface area contributed by atoms with E-state index in [0.717, 1.165) is 5.56 Å². The third kappa shape index (κ3) is 5.22. The van der Waals surface area contributed by atoms with Crippen molar-refractivity contribution in [3.63, 3.8) is 0 Å². The van der Waals surface area contributed by atoms with E-state index < -0.39 is 4.92 Å². The first kappa shape index (κ1) is 20.6. The summed E-state index contributed by atoms with van der Waals surface area (Å²) >= 11 is 4.53. The number of aromatic nitrogens is 2. The van der Waals surface area contributed by atoms with Crippen LogP contribution in [0.4, 0.5) is 11.5 Å². The smallest absolute Gasteiger partial charge is 0.373 e. The molecule has 0 amide bonds. The van der Waals surface area contributed by atoms with Gasteiger partial charge in [0.05, 0.1) is 16.6 Å². The maximum absolute atomic E-state index is 11.8. The van der Waals surface area contributed by atoms with E-state index in [4.69, 9.17) is 10.00 Å². The molecular weight excluding hydrogens is 458 g/mol. The van der Waals surface area contributed by atoms with Crippen molar-refractivity contribution in [1.82, 2.24) is 9.97 Å². The summed E-state index contributed by atoms with van der Waals surface area (Å²) in [7, 11) is 0. The van der Waals surface area contributed by atoms with Crippen molar-refractivity contribution in [3.8, 4) is 17.7 Å². The second-order valence-corrected chi connectivity index (χ2v) is 7.39. The van der Waals surface area contributed by atoms with Crippen LogP contribution in [0, 0.1) is 21.4 Å². The zero-order chi connectivity index (χ0) is 20.8. The van der Waals surface area contributed by atoms with E-state index >= 15 is 0 Å². The Morgan fingerprint density at radius 3 is 2.69 bits per heavy atom. The molecule has 1 N–H and O–H groups in total. The van der Waals surface area contributed by atoms with Crippen LogP contribution in [0.5, 0.6) is 11.6 Å². The third-order valence-electron chi connectivity index (χ3n) is 3.71. The van der Waals surface area contributed by atoms with Crippen molar-refractivity contribution in [1.29, 1.82) is 5.26 Å². The van der Waals surface area contributed by atoms with Crippen molar-refractivity contribution >= 4 is 39.2 Å². The lowest BCUT2D eigenvalue weighted by atomic mass is 10.2. The molecule has 8 nitrogen and oxygen atoms in total. The van der Waals surface area contributed by atoms with Gasteiger partial charge in [0.2, 0.25) is 5.82 Å². The molecule has 29 heavy (non-hydrogen) atoms. The lowest BCUT2D eigenvalue weighted by molar-refractivity contribution is -0.385. The Bertz CT molecular complexity index is 1090. The summed E-state index contributed by atoms with van der Waals surface area (Å²) in [6, 6.07) is 16.2. The first-order valence-corrected chi connectivity index (χ1v) is 10.3. The van der Waals surface area contributed by atoms with Crippen LogP contribution in [0.3, 0.4) is 0 Å². The topological polar surface area (TPSA) is 114 Å². The quantitative estimate of drug-likeness (QED) is 0.218. The number of nitro groups is 1. The average Bonchev–Trinajstić information content (AvgIpc) is 2.71. The Labute approximate surface area is 179 Å². The Kier molecular flexibility index (Phi) is 6.64. The number of hydrogen-bond donors (Lipinski definition) is 1. The van der Waals surface area contributed by atoms with Gasteiger partial charge in [0, 0.05) is 11.0 Å². The number of rotatable bonds is 7. The predicted octanol–water partition coefficient (Wildman–Crippen LogP) is 5.15. The highest BCUT2D eigenvalue weighted by atomic mass is 79.9. The van der Waals surface area contributed by atoms with E-state index in [1.54, 1.807) is 18.4 Å². The maximum Gasteiger partial charge on any atom is 0.373 e. The van der Waals surface area contributed by atoms with Crippen molar-refractivity contribution in [2.45, 2.75) is 11.7 Å². The van der Waals surface area contributed by atoms with Crippen LogP contribution in [0.15, 0.2) is 58.2 Å². The molecule has 2 aromatic carbocycles. The first-order chi connectivity index (χ1) is 14.0. The Morgan fingerprint density at radius 1 is 1.28 bits per heavy atom. The summed E-state index contributed by atoms with van der Waals surface area (Å²) in [4.78, 5) is 19.6. The van der Waals surface area contributed by atoms with Gasteiger partial charge in [-0.15, -0.1) is 0 Å². The summed E-state index contributed by atoms with van der Waals surface area (Å²) in [5, 5.41) is 24.2. The number of thioether (sulfide) groups is 1. The average molecular weight is 472 g/mol. The van der Waals surface area contributed by atoms with E-state index in [9.17, 15) is 10.1 Å². The monoisotopic (exact) mass is 471 g/mol. The molecule has 0 unspecified atom stereocenters. The minimum absolute atomic E-state index is 0.0590. The number of nitriles is 1. The van der Waals surface area contributed by atoms with Crippen LogP contribution in [-0.2, 0) is 6.54 Å². The van der Waals surface area contributed by atoms with Crippen LogP contribution < -0.4 is 10.1 Å². The molecule has 0 saturated carbocycles. The van der Waals surface area contributed by atoms with Gasteiger partial charge in [-0.3, -0.25) is 10.1 Å². The second-order valence-electron chi connectivity index (χ2n) is 5.70. The molecule has 1 heterocycles. The second kappa shape index (κ2) is 9.36. The molecule has 1 aromatic heterocycles. The van der Waals surface area contributed by atoms with Gasteiger partial charge in [0.15, 0.2) is 5.16 Å². The molecular formula is C19H14BrN5O3S. The molecule has 3 aromatic rings. The van der Waals surface area contributed by atoms with E-state index in [1.165, 1.54) is 17.8 Å².